The van der Waals surface area contributed by atoms with Crippen molar-refractivity contribution < 1.29 is 9.84 Å². The summed E-state index contributed by atoms with van der Waals surface area (Å²) in [6.07, 6.45) is 0. The number of phenols is 1. The minimum Gasteiger partial charge on any atom is -0.503 e. The van der Waals surface area contributed by atoms with Crippen molar-refractivity contribution in [3.8, 4) is 17.6 Å². The van der Waals surface area contributed by atoms with Crippen molar-refractivity contribution in [3.63, 3.8) is 0 Å². The molecule has 0 spiro atoms. The first-order valence-electron chi connectivity index (χ1n) is 6.08. The number of phenolic OH excluding ortho intramolecular Hbond substituents is 1. The van der Waals surface area contributed by atoms with E-state index in [0.29, 0.717) is 10.2 Å². The number of halogens is 1. The Kier molecular flexibility index (Phi) is 4.64. The van der Waals surface area contributed by atoms with Crippen molar-refractivity contribution in [1.29, 1.82) is 5.26 Å². The van der Waals surface area contributed by atoms with Gasteiger partial charge in [-0.05, 0) is 33.6 Å². The average molecular weight is 326 g/mol. The molecule has 6 heteroatoms. The van der Waals surface area contributed by atoms with Gasteiger partial charge in [0.25, 0.3) is 0 Å². The van der Waals surface area contributed by atoms with Crippen LogP contribution in [-0.4, -0.2) is 43.3 Å². The van der Waals surface area contributed by atoms with Crippen LogP contribution in [0.1, 0.15) is 11.6 Å². The first kappa shape index (κ1) is 14.1. The predicted octanol–water partition coefficient (Wildman–Crippen LogP) is 1.63. The van der Waals surface area contributed by atoms with Gasteiger partial charge in [-0.2, -0.15) is 5.26 Å². The molecule has 1 heterocycles. The third-order valence-corrected chi connectivity index (χ3v) is 3.83. The summed E-state index contributed by atoms with van der Waals surface area (Å²) in [6, 6.07) is 5.49. The summed E-state index contributed by atoms with van der Waals surface area (Å²) >= 11 is 3.29. The molecule has 1 aromatic rings. The summed E-state index contributed by atoms with van der Waals surface area (Å²) in [6.45, 7) is 3.43. The topological polar surface area (TPSA) is 68.5 Å². The van der Waals surface area contributed by atoms with Crippen molar-refractivity contribution in [2.24, 2.45) is 0 Å². The van der Waals surface area contributed by atoms with E-state index in [0.717, 1.165) is 31.7 Å². The zero-order valence-electron chi connectivity index (χ0n) is 10.7. The first-order chi connectivity index (χ1) is 9.17. The largest absolute Gasteiger partial charge is 0.503 e. The van der Waals surface area contributed by atoms with Crippen LogP contribution < -0.4 is 10.1 Å². The average Bonchev–Trinajstić information content (AvgIpc) is 2.44. The van der Waals surface area contributed by atoms with E-state index in [1.54, 1.807) is 12.1 Å². The Balaban J connectivity index is 2.33. The van der Waals surface area contributed by atoms with Crippen LogP contribution in [0.2, 0.25) is 0 Å². The van der Waals surface area contributed by atoms with Gasteiger partial charge in [-0.25, -0.2) is 0 Å². The Morgan fingerprint density at radius 3 is 2.74 bits per heavy atom. The minimum absolute atomic E-state index is 0.0586. The van der Waals surface area contributed by atoms with Crippen LogP contribution in [0.4, 0.5) is 0 Å². The van der Waals surface area contributed by atoms with E-state index in [9.17, 15) is 10.4 Å². The molecule has 1 fully saturated rings. The van der Waals surface area contributed by atoms with E-state index in [4.69, 9.17) is 4.74 Å². The fourth-order valence-corrected chi connectivity index (χ4v) is 2.67. The summed E-state index contributed by atoms with van der Waals surface area (Å²) in [5.41, 5.74) is 0.825. The second kappa shape index (κ2) is 6.24. The Labute approximate surface area is 120 Å². The molecule has 2 N–H and O–H groups in total. The van der Waals surface area contributed by atoms with Crippen LogP contribution in [0.3, 0.4) is 0 Å². The summed E-state index contributed by atoms with van der Waals surface area (Å²) < 4.78 is 5.67. The zero-order chi connectivity index (χ0) is 13.8. The molecule has 1 aromatic carbocycles. The maximum absolute atomic E-state index is 9.81. The smallest absolute Gasteiger partial charge is 0.172 e. The van der Waals surface area contributed by atoms with Crippen LogP contribution in [-0.2, 0) is 0 Å². The van der Waals surface area contributed by atoms with Gasteiger partial charge in [0.1, 0.15) is 6.04 Å². The fourth-order valence-electron chi connectivity index (χ4n) is 2.21. The number of rotatable bonds is 3. The number of nitrogens with one attached hydrogen (secondary N) is 1. The lowest BCUT2D eigenvalue weighted by Crippen LogP contribution is -2.44. The lowest BCUT2D eigenvalue weighted by molar-refractivity contribution is 0.207. The van der Waals surface area contributed by atoms with Crippen LogP contribution in [0.5, 0.6) is 11.5 Å². The molecule has 1 aliphatic heterocycles. The van der Waals surface area contributed by atoms with Gasteiger partial charge >= 0.3 is 0 Å². The highest BCUT2D eigenvalue weighted by molar-refractivity contribution is 9.10. The Hall–Kier alpha value is -1.29. The van der Waals surface area contributed by atoms with Crippen LogP contribution in [0.25, 0.3) is 0 Å². The summed E-state index contributed by atoms with van der Waals surface area (Å²) in [4.78, 5) is 2.12. The van der Waals surface area contributed by atoms with Gasteiger partial charge in [0.15, 0.2) is 11.5 Å². The molecule has 0 saturated carbocycles. The fraction of sp³-hybridized carbons (Fsp3) is 0.462. The van der Waals surface area contributed by atoms with Crippen molar-refractivity contribution >= 4 is 15.9 Å². The van der Waals surface area contributed by atoms with Crippen molar-refractivity contribution in [2.45, 2.75) is 6.04 Å². The zero-order valence-corrected chi connectivity index (χ0v) is 12.3. The first-order valence-corrected chi connectivity index (χ1v) is 6.87. The lowest BCUT2D eigenvalue weighted by atomic mass is 10.0. The molecular weight excluding hydrogens is 310 g/mol. The van der Waals surface area contributed by atoms with Crippen molar-refractivity contribution in [2.75, 3.05) is 33.3 Å². The second-order valence-electron chi connectivity index (χ2n) is 4.37. The summed E-state index contributed by atoms with van der Waals surface area (Å²) in [5.74, 6) is 0.433. The standard InChI is InChI=1S/C13H16BrN3O2/c1-19-12-7-9(6-10(14)13(12)18)11(8-15)17-4-2-16-3-5-17/h6-7,11,16,18H,2-5H2,1H3. The van der Waals surface area contributed by atoms with E-state index in [2.05, 4.69) is 32.2 Å². The molecular formula is C13H16BrN3O2. The second-order valence-corrected chi connectivity index (χ2v) is 5.23. The highest BCUT2D eigenvalue weighted by Crippen LogP contribution is 2.37. The third kappa shape index (κ3) is 3.00. The van der Waals surface area contributed by atoms with E-state index in [1.807, 2.05) is 0 Å². The number of ether oxygens (including phenoxy) is 1. The van der Waals surface area contributed by atoms with Crippen molar-refractivity contribution in [1.82, 2.24) is 10.2 Å². The number of piperazine rings is 1. The summed E-state index contributed by atoms with van der Waals surface area (Å²) in [7, 11) is 1.50. The number of benzene rings is 1. The van der Waals surface area contributed by atoms with Gasteiger partial charge in [-0.15, -0.1) is 0 Å². The SMILES string of the molecule is COc1cc(C(C#N)N2CCNCC2)cc(Br)c1O. The van der Waals surface area contributed by atoms with Crippen molar-refractivity contribution in [3.05, 3.63) is 22.2 Å². The van der Waals surface area contributed by atoms with E-state index in [1.165, 1.54) is 7.11 Å². The Morgan fingerprint density at radius 2 is 2.16 bits per heavy atom. The number of hydrogen-bond acceptors (Lipinski definition) is 5. The number of nitriles is 1. The monoisotopic (exact) mass is 325 g/mol. The third-order valence-electron chi connectivity index (χ3n) is 3.23. The Morgan fingerprint density at radius 1 is 1.47 bits per heavy atom. The molecule has 0 bridgehead atoms. The molecule has 0 aliphatic carbocycles. The molecule has 0 radical (unpaired) electrons. The van der Waals surface area contributed by atoms with E-state index < -0.39 is 0 Å². The predicted molar refractivity (Wildman–Crippen MR) is 75.2 cm³/mol. The molecule has 0 aromatic heterocycles. The molecule has 1 atom stereocenters. The number of nitrogens with zero attached hydrogens (tertiary/aromatic N) is 2. The molecule has 5 nitrogen and oxygen atoms in total. The molecule has 1 unspecified atom stereocenters. The molecule has 102 valence electrons. The van der Waals surface area contributed by atoms with Crippen LogP contribution in [0.15, 0.2) is 16.6 Å². The molecule has 1 saturated heterocycles. The van der Waals surface area contributed by atoms with Crippen LogP contribution >= 0.6 is 15.9 Å². The van der Waals surface area contributed by atoms with E-state index in [-0.39, 0.29) is 11.8 Å². The maximum atomic E-state index is 9.81. The van der Waals surface area contributed by atoms with E-state index >= 15 is 0 Å². The maximum Gasteiger partial charge on any atom is 0.172 e. The van der Waals surface area contributed by atoms with Gasteiger partial charge in [0, 0.05) is 26.2 Å². The number of aromatic hydroxyl groups is 1. The van der Waals surface area contributed by atoms with Gasteiger partial charge in [-0.3, -0.25) is 4.90 Å². The van der Waals surface area contributed by atoms with Gasteiger partial charge in [-0.1, -0.05) is 0 Å². The number of hydrogen-bond donors (Lipinski definition) is 2. The number of methoxy groups -OCH3 is 1. The normalized spacial score (nSPS) is 17.7. The summed E-state index contributed by atoms with van der Waals surface area (Å²) in [5, 5.41) is 22.5. The van der Waals surface area contributed by atoms with Crippen LogP contribution in [0, 0.1) is 11.3 Å². The highest BCUT2D eigenvalue weighted by atomic mass is 79.9. The Bertz CT molecular complexity index is 495. The molecule has 1 aliphatic rings. The molecule has 0 amide bonds. The quantitative estimate of drug-likeness (QED) is 0.884. The highest BCUT2D eigenvalue weighted by Gasteiger charge is 2.23. The van der Waals surface area contributed by atoms with Gasteiger partial charge in [0.2, 0.25) is 0 Å². The molecule has 2 rings (SSSR count). The van der Waals surface area contributed by atoms with Gasteiger partial charge < -0.3 is 15.2 Å². The van der Waals surface area contributed by atoms with Gasteiger partial charge in [0.05, 0.1) is 17.7 Å². The molecule has 19 heavy (non-hydrogen) atoms. The minimum atomic E-state index is -0.326. The lowest BCUT2D eigenvalue weighted by Gasteiger charge is -2.31.